The Morgan fingerprint density at radius 3 is 2.43 bits per heavy atom. The highest BCUT2D eigenvalue weighted by molar-refractivity contribution is 8.00. The van der Waals surface area contributed by atoms with Crippen LogP contribution in [0, 0.1) is 0 Å². The minimum Gasteiger partial charge on any atom is -0.465 e. The number of nitrogens with zero attached hydrogens (tertiary/aromatic N) is 1. The molecule has 0 unspecified atom stereocenters. The van der Waals surface area contributed by atoms with Crippen LogP contribution in [-0.4, -0.2) is 41.5 Å². The van der Waals surface area contributed by atoms with Gasteiger partial charge in [0.15, 0.2) is 0 Å². The number of thioether (sulfide) groups is 1. The van der Waals surface area contributed by atoms with Crippen molar-refractivity contribution in [3.8, 4) is 0 Å². The largest absolute Gasteiger partial charge is 0.465 e. The van der Waals surface area contributed by atoms with E-state index in [9.17, 15) is 24.0 Å². The number of carbonyl (C=O) groups is 5. The molecule has 4 amide bonds. The summed E-state index contributed by atoms with van der Waals surface area (Å²) in [5.74, 6) is -1.91. The third-order valence-electron chi connectivity index (χ3n) is 6.47. The molecule has 11 heteroatoms. The van der Waals surface area contributed by atoms with Crippen molar-refractivity contribution in [1.29, 1.82) is 0 Å². The van der Waals surface area contributed by atoms with Crippen molar-refractivity contribution in [1.82, 2.24) is 5.32 Å². The summed E-state index contributed by atoms with van der Waals surface area (Å²) in [6.45, 7) is 1.94. The number of ether oxygens (including phenoxy) is 1. The van der Waals surface area contributed by atoms with Gasteiger partial charge in [-0.2, -0.15) is 0 Å². The summed E-state index contributed by atoms with van der Waals surface area (Å²) in [7, 11) is 0. The first-order valence-electron chi connectivity index (χ1n) is 13.7. The molecule has 0 aliphatic carbocycles. The lowest BCUT2D eigenvalue weighted by Crippen LogP contribution is -2.31. The minimum absolute atomic E-state index is 0.0126. The van der Waals surface area contributed by atoms with Crippen molar-refractivity contribution in [2.24, 2.45) is 0 Å². The molecule has 0 saturated carbocycles. The Balaban J connectivity index is 1.27. The van der Waals surface area contributed by atoms with Crippen LogP contribution in [0.15, 0.2) is 112 Å². The van der Waals surface area contributed by atoms with E-state index in [4.69, 9.17) is 9.15 Å². The summed E-state index contributed by atoms with van der Waals surface area (Å²) < 4.78 is 10.3. The van der Waals surface area contributed by atoms with Crippen molar-refractivity contribution in [3.63, 3.8) is 0 Å². The first kappa shape index (κ1) is 30.1. The van der Waals surface area contributed by atoms with Gasteiger partial charge >= 0.3 is 5.97 Å². The van der Waals surface area contributed by atoms with Gasteiger partial charge in [-0.1, -0.05) is 24.3 Å². The third kappa shape index (κ3) is 7.13. The van der Waals surface area contributed by atoms with Crippen LogP contribution in [0.2, 0.25) is 0 Å². The Kier molecular flexibility index (Phi) is 9.36. The van der Waals surface area contributed by atoms with E-state index >= 15 is 0 Å². The van der Waals surface area contributed by atoms with Gasteiger partial charge in [0, 0.05) is 28.6 Å². The van der Waals surface area contributed by atoms with Gasteiger partial charge in [0.2, 0.25) is 11.8 Å². The molecule has 44 heavy (non-hydrogen) atoms. The molecule has 0 bridgehead atoms. The van der Waals surface area contributed by atoms with Gasteiger partial charge in [-0.15, -0.1) is 11.8 Å². The molecule has 4 aromatic rings. The molecule has 10 nitrogen and oxygen atoms in total. The number of anilines is 2. The average molecular weight is 610 g/mol. The molecule has 2 N–H and O–H groups in total. The normalized spacial score (nSPS) is 14.8. The Morgan fingerprint density at radius 2 is 1.73 bits per heavy atom. The van der Waals surface area contributed by atoms with E-state index in [0.717, 1.165) is 4.90 Å². The van der Waals surface area contributed by atoms with Crippen molar-refractivity contribution in [3.05, 3.63) is 120 Å². The van der Waals surface area contributed by atoms with E-state index in [0.29, 0.717) is 33.2 Å². The Bertz CT molecular complexity index is 1720. The van der Waals surface area contributed by atoms with Gasteiger partial charge in [-0.25, -0.2) is 9.69 Å². The second-order valence-electron chi connectivity index (χ2n) is 9.52. The number of carbonyl (C=O) groups excluding carboxylic acids is 5. The second kappa shape index (κ2) is 13.7. The Morgan fingerprint density at radius 1 is 0.955 bits per heavy atom. The van der Waals surface area contributed by atoms with Crippen molar-refractivity contribution in [2.45, 2.75) is 23.5 Å². The van der Waals surface area contributed by atoms with Crippen LogP contribution in [0.3, 0.4) is 0 Å². The minimum atomic E-state index is -0.683. The maximum atomic E-state index is 13.3. The van der Waals surface area contributed by atoms with E-state index in [-0.39, 0.29) is 30.5 Å². The molecular weight excluding hydrogens is 582 g/mol. The fourth-order valence-electron chi connectivity index (χ4n) is 4.40. The highest BCUT2D eigenvalue weighted by atomic mass is 32.2. The maximum Gasteiger partial charge on any atom is 0.338 e. The molecule has 1 atom stereocenters. The van der Waals surface area contributed by atoms with E-state index in [1.807, 2.05) is 0 Å². The number of esters is 1. The summed E-state index contributed by atoms with van der Waals surface area (Å²) in [6, 6.07) is 24.7. The molecule has 2 heterocycles. The molecule has 0 spiro atoms. The summed E-state index contributed by atoms with van der Waals surface area (Å²) in [4.78, 5) is 65.8. The predicted octanol–water partition coefficient (Wildman–Crippen LogP) is 5.29. The molecule has 1 fully saturated rings. The lowest BCUT2D eigenvalue weighted by atomic mass is 10.2. The van der Waals surface area contributed by atoms with Gasteiger partial charge in [-0.3, -0.25) is 19.2 Å². The van der Waals surface area contributed by atoms with E-state index in [1.165, 1.54) is 48.4 Å². The van der Waals surface area contributed by atoms with Crippen LogP contribution < -0.4 is 15.5 Å². The molecular formula is C33H27N3O7S. The molecule has 1 aliphatic rings. The maximum absolute atomic E-state index is 13.3. The lowest BCUT2D eigenvalue weighted by Gasteiger charge is -2.15. The van der Waals surface area contributed by atoms with Crippen LogP contribution in [0.1, 0.15) is 39.8 Å². The third-order valence-corrected chi connectivity index (χ3v) is 7.65. The van der Waals surface area contributed by atoms with Gasteiger partial charge in [-0.05, 0) is 73.7 Å². The summed E-state index contributed by atoms with van der Waals surface area (Å²) in [6.07, 6.45) is 2.86. The molecule has 0 radical (unpaired) electrons. The Labute approximate surface area is 257 Å². The number of hydrogen-bond donors (Lipinski definition) is 2. The molecule has 1 aromatic heterocycles. The zero-order valence-corrected chi connectivity index (χ0v) is 24.3. The monoisotopic (exact) mass is 609 g/mol. The van der Waals surface area contributed by atoms with Crippen molar-refractivity contribution >= 4 is 58.8 Å². The fourth-order valence-corrected chi connectivity index (χ4v) is 5.51. The number of imide groups is 1. The number of furan rings is 1. The summed E-state index contributed by atoms with van der Waals surface area (Å²) >= 11 is 1.20. The highest BCUT2D eigenvalue weighted by Crippen LogP contribution is 2.35. The number of amides is 4. The number of nitrogens with one attached hydrogen (secondary N) is 2. The van der Waals surface area contributed by atoms with Gasteiger partial charge in [0.25, 0.3) is 11.8 Å². The predicted molar refractivity (Wildman–Crippen MR) is 165 cm³/mol. The SMILES string of the molecule is CCOC(=O)c1ccc(N2C(=O)C[C@H](Sc3cccc(NC(=O)/C(=C\c4ccco4)NC(=O)c4ccccc4)c3)C2=O)cc1. The van der Waals surface area contributed by atoms with Crippen LogP contribution in [0.5, 0.6) is 0 Å². The number of hydrogen-bond acceptors (Lipinski definition) is 8. The molecule has 3 aromatic carbocycles. The fraction of sp³-hybridized carbons (Fsp3) is 0.121. The van der Waals surface area contributed by atoms with Crippen LogP contribution >= 0.6 is 11.8 Å². The first-order chi connectivity index (χ1) is 21.3. The second-order valence-corrected chi connectivity index (χ2v) is 10.8. The number of benzene rings is 3. The smallest absolute Gasteiger partial charge is 0.338 e. The molecule has 1 saturated heterocycles. The van der Waals surface area contributed by atoms with Crippen molar-refractivity contribution in [2.75, 3.05) is 16.8 Å². The highest BCUT2D eigenvalue weighted by Gasteiger charge is 2.40. The molecule has 5 rings (SSSR count). The Hall–Kier alpha value is -5.42. The quantitative estimate of drug-likeness (QED) is 0.141. The van der Waals surface area contributed by atoms with Crippen molar-refractivity contribution < 1.29 is 33.1 Å². The van der Waals surface area contributed by atoms with E-state index in [2.05, 4.69) is 10.6 Å². The van der Waals surface area contributed by atoms with Gasteiger partial charge in [0.05, 0.1) is 29.4 Å². The zero-order chi connectivity index (χ0) is 31.1. The first-order valence-corrected chi connectivity index (χ1v) is 14.5. The van der Waals surface area contributed by atoms with Gasteiger partial charge < -0.3 is 19.8 Å². The molecule has 1 aliphatic heterocycles. The van der Waals surface area contributed by atoms with Gasteiger partial charge in [0.1, 0.15) is 11.5 Å². The van der Waals surface area contributed by atoms with E-state index < -0.39 is 23.0 Å². The topological polar surface area (TPSA) is 135 Å². The lowest BCUT2D eigenvalue weighted by molar-refractivity contribution is -0.121. The molecule has 222 valence electrons. The number of rotatable bonds is 10. The average Bonchev–Trinajstić information content (AvgIpc) is 3.64. The summed E-state index contributed by atoms with van der Waals surface area (Å²) in [5, 5.41) is 4.74. The van der Waals surface area contributed by atoms with Crippen LogP contribution in [0.25, 0.3) is 6.08 Å². The van der Waals surface area contributed by atoms with E-state index in [1.54, 1.807) is 73.7 Å². The zero-order valence-electron chi connectivity index (χ0n) is 23.5. The summed E-state index contributed by atoms with van der Waals surface area (Å²) in [5.41, 5.74) is 1.45. The van der Waals surface area contributed by atoms with Crippen LogP contribution in [-0.2, 0) is 19.1 Å². The standard InChI is InChI=1S/C33H27N3O7S/c1-2-42-33(41)22-13-15-24(16-14-22)36-29(37)20-28(32(36)40)44-26-12-6-10-23(18-26)34-31(39)27(19-25-11-7-17-43-25)35-30(38)21-8-4-3-5-9-21/h3-19,28H,2,20H2,1H3,(H,34,39)(H,35,38)/b27-19+/t28-/m0/s1. The van der Waals surface area contributed by atoms with Crippen LogP contribution in [0.4, 0.5) is 11.4 Å².